The SMILES string of the molecule is c1cc(C2CCCNC2)n2nc(C3CCOCC3)cc2n1. The number of fused-ring (bicyclic) bond motifs is 1. The Balaban J connectivity index is 1.69. The maximum atomic E-state index is 5.46. The molecule has 4 heterocycles. The monoisotopic (exact) mass is 286 g/mol. The van der Waals surface area contributed by atoms with Crippen LogP contribution in [0.1, 0.15) is 48.9 Å². The third-order valence-corrected chi connectivity index (χ3v) is 4.76. The maximum absolute atomic E-state index is 5.46. The Kier molecular flexibility index (Phi) is 3.61. The minimum atomic E-state index is 0.526. The molecule has 5 heteroatoms. The van der Waals surface area contributed by atoms with E-state index < -0.39 is 0 Å². The van der Waals surface area contributed by atoms with Gasteiger partial charge in [-0.05, 0) is 38.3 Å². The van der Waals surface area contributed by atoms with E-state index in [9.17, 15) is 0 Å². The normalized spacial score (nSPS) is 24.5. The summed E-state index contributed by atoms with van der Waals surface area (Å²) in [6, 6.07) is 4.29. The van der Waals surface area contributed by atoms with Gasteiger partial charge in [0.05, 0.1) is 11.4 Å². The van der Waals surface area contributed by atoms with Crippen LogP contribution >= 0.6 is 0 Å². The predicted octanol–water partition coefficient (Wildman–Crippen LogP) is 2.09. The number of piperidine rings is 1. The fraction of sp³-hybridized carbons (Fsp3) is 0.625. The van der Waals surface area contributed by atoms with Crippen molar-refractivity contribution in [3.8, 4) is 0 Å². The summed E-state index contributed by atoms with van der Waals surface area (Å²) >= 11 is 0. The number of nitrogens with one attached hydrogen (secondary N) is 1. The Labute approximate surface area is 124 Å². The highest BCUT2D eigenvalue weighted by atomic mass is 16.5. The molecular formula is C16H22N4O. The zero-order valence-electron chi connectivity index (χ0n) is 12.3. The Morgan fingerprint density at radius 3 is 2.90 bits per heavy atom. The van der Waals surface area contributed by atoms with Crippen molar-refractivity contribution in [1.29, 1.82) is 0 Å². The van der Waals surface area contributed by atoms with Crippen LogP contribution in [0.5, 0.6) is 0 Å². The smallest absolute Gasteiger partial charge is 0.155 e. The highest BCUT2D eigenvalue weighted by Crippen LogP contribution is 2.28. The van der Waals surface area contributed by atoms with Crippen molar-refractivity contribution in [2.75, 3.05) is 26.3 Å². The van der Waals surface area contributed by atoms with Crippen molar-refractivity contribution in [3.63, 3.8) is 0 Å². The largest absolute Gasteiger partial charge is 0.381 e. The van der Waals surface area contributed by atoms with Gasteiger partial charge in [0.25, 0.3) is 0 Å². The summed E-state index contributed by atoms with van der Waals surface area (Å²) in [5, 5.41) is 8.37. The van der Waals surface area contributed by atoms with E-state index in [1.54, 1.807) is 0 Å². The summed E-state index contributed by atoms with van der Waals surface area (Å²) in [5.41, 5.74) is 3.46. The fourth-order valence-electron chi connectivity index (χ4n) is 3.54. The second-order valence-corrected chi connectivity index (χ2v) is 6.14. The van der Waals surface area contributed by atoms with Crippen LogP contribution in [-0.4, -0.2) is 40.9 Å². The molecule has 1 N–H and O–H groups in total. The number of rotatable bonds is 2. The van der Waals surface area contributed by atoms with Crippen LogP contribution < -0.4 is 5.32 Å². The Bertz CT molecular complexity index is 612. The molecule has 0 radical (unpaired) electrons. The van der Waals surface area contributed by atoms with Crippen molar-refractivity contribution in [2.45, 2.75) is 37.5 Å². The maximum Gasteiger partial charge on any atom is 0.155 e. The summed E-state index contributed by atoms with van der Waals surface area (Å²) in [4.78, 5) is 4.50. The number of hydrogen-bond acceptors (Lipinski definition) is 4. The van der Waals surface area contributed by atoms with Crippen molar-refractivity contribution in [3.05, 3.63) is 29.7 Å². The van der Waals surface area contributed by atoms with Crippen LogP contribution in [0.15, 0.2) is 18.3 Å². The van der Waals surface area contributed by atoms with Crippen molar-refractivity contribution >= 4 is 5.65 Å². The van der Waals surface area contributed by atoms with Gasteiger partial charge in [-0.15, -0.1) is 0 Å². The second-order valence-electron chi connectivity index (χ2n) is 6.14. The summed E-state index contributed by atoms with van der Waals surface area (Å²) in [7, 11) is 0. The van der Waals surface area contributed by atoms with Gasteiger partial charge in [0.1, 0.15) is 0 Å². The zero-order chi connectivity index (χ0) is 14.1. The molecule has 2 saturated heterocycles. The average Bonchev–Trinajstić information content (AvgIpc) is 3.00. The first-order valence-electron chi connectivity index (χ1n) is 8.05. The molecule has 4 rings (SSSR count). The topological polar surface area (TPSA) is 51.5 Å². The fourth-order valence-corrected chi connectivity index (χ4v) is 3.54. The molecule has 2 aromatic rings. The summed E-state index contributed by atoms with van der Waals surface area (Å²) in [6.45, 7) is 3.89. The van der Waals surface area contributed by atoms with Gasteiger partial charge in [-0.1, -0.05) is 0 Å². The van der Waals surface area contributed by atoms with Crippen LogP contribution in [0.4, 0.5) is 0 Å². The second kappa shape index (κ2) is 5.73. The Hall–Kier alpha value is -1.46. The van der Waals surface area contributed by atoms with Gasteiger partial charge in [-0.3, -0.25) is 0 Å². The molecule has 5 nitrogen and oxygen atoms in total. The Morgan fingerprint density at radius 1 is 1.19 bits per heavy atom. The molecule has 2 aliphatic heterocycles. The van der Waals surface area contributed by atoms with E-state index in [-0.39, 0.29) is 0 Å². The van der Waals surface area contributed by atoms with Crippen LogP contribution in [0.3, 0.4) is 0 Å². The molecule has 0 amide bonds. The van der Waals surface area contributed by atoms with E-state index in [0.717, 1.165) is 44.8 Å². The molecule has 0 saturated carbocycles. The van der Waals surface area contributed by atoms with Crippen molar-refractivity contribution < 1.29 is 4.74 Å². The van der Waals surface area contributed by atoms with E-state index in [1.165, 1.54) is 24.2 Å². The first-order chi connectivity index (χ1) is 10.4. The third kappa shape index (κ3) is 2.56. The molecule has 2 aromatic heterocycles. The molecular weight excluding hydrogens is 264 g/mol. The zero-order valence-corrected chi connectivity index (χ0v) is 12.3. The summed E-state index contributed by atoms with van der Waals surface area (Å²) in [6.07, 6.45) is 6.55. The van der Waals surface area contributed by atoms with E-state index in [4.69, 9.17) is 9.84 Å². The lowest BCUT2D eigenvalue weighted by Gasteiger charge is -2.23. The van der Waals surface area contributed by atoms with Crippen LogP contribution in [0.2, 0.25) is 0 Å². The number of nitrogens with zero attached hydrogens (tertiary/aromatic N) is 3. The molecule has 2 aliphatic rings. The van der Waals surface area contributed by atoms with Crippen molar-refractivity contribution in [1.82, 2.24) is 19.9 Å². The molecule has 0 aromatic carbocycles. The van der Waals surface area contributed by atoms with E-state index in [2.05, 4.69) is 26.9 Å². The summed E-state index contributed by atoms with van der Waals surface area (Å²) < 4.78 is 7.53. The molecule has 0 aliphatic carbocycles. The molecule has 2 fully saturated rings. The quantitative estimate of drug-likeness (QED) is 0.918. The van der Waals surface area contributed by atoms with Crippen LogP contribution in [0, 0.1) is 0 Å². The molecule has 112 valence electrons. The van der Waals surface area contributed by atoms with Gasteiger partial charge < -0.3 is 10.1 Å². The summed E-state index contributed by atoms with van der Waals surface area (Å²) in [5.74, 6) is 1.07. The van der Waals surface area contributed by atoms with Gasteiger partial charge >= 0.3 is 0 Å². The molecule has 1 unspecified atom stereocenters. The van der Waals surface area contributed by atoms with Crippen LogP contribution in [0.25, 0.3) is 5.65 Å². The number of aromatic nitrogens is 3. The van der Waals surface area contributed by atoms with E-state index in [0.29, 0.717) is 11.8 Å². The van der Waals surface area contributed by atoms with Crippen molar-refractivity contribution in [2.24, 2.45) is 0 Å². The first kappa shape index (κ1) is 13.2. The minimum Gasteiger partial charge on any atom is -0.381 e. The lowest BCUT2D eigenvalue weighted by Crippen LogP contribution is -2.29. The van der Waals surface area contributed by atoms with Gasteiger partial charge in [-0.25, -0.2) is 9.50 Å². The standard InChI is InChI=1S/C16H22N4O/c1-2-13(11-17-6-1)15-3-7-18-16-10-14(19-20(15)16)12-4-8-21-9-5-12/h3,7,10,12-13,17H,1-2,4-6,8-9,11H2. The van der Waals surface area contributed by atoms with Gasteiger partial charge in [0, 0.05) is 43.9 Å². The van der Waals surface area contributed by atoms with E-state index in [1.807, 2.05) is 6.20 Å². The first-order valence-corrected chi connectivity index (χ1v) is 8.05. The molecule has 0 spiro atoms. The molecule has 21 heavy (non-hydrogen) atoms. The molecule has 1 atom stereocenters. The minimum absolute atomic E-state index is 0.526. The highest BCUT2D eigenvalue weighted by Gasteiger charge is 2.22. The average molecular weight is 286 g/mol. The number of hydrogen-bond donors (Lipinski definition) is 1. The lowest BCUT2D eigenvalue weighted by molar-refractivity contribution is 0.0844. The number of ether oxygens (including phenoxy) is 1. The molecule has 0 bridgehead atoms. The van der Waals surface area contributed by atoms with Gasteiger partial charge in [-0.2, -0.15) is 5.10 Å². The Morgan fingerprint density at radius 2 is 2.10 bits per heavy atom. The van der Waals surface area contributed by atoms with Crippen LogP contribution in [-0.2, 0) is 4.74 Å². The lowest BCUT2D eigenvalue weighted by atomic mass is 9.96. The van der Waals surface area contributed by atoms with Gasteiger partial charge in [0.2, 0.25) is 0 Å². The van der Waals surface area contributed by atoms with E-state index >= 15 is 0 Å². The van der Waals surface area contributed by atoms with Gasteiger partial charge in [0.15, 0.2) is 5.65 Å². The highest BCUT2D eigenvalue weighted by molar-refractivity contribution is 5.42. The third-order valence-electron chi connectivity index (χ3n) is 4.76. The predicted molar refractivity (Wildman–Crippen MR) is 80.6 cm³/mol.